The summed E-state index contributed by atoms with van der Waals surface area (Å²) in [4.78, 5) is 39.7. The van der Waals surface area contributed by atoms with Gasteiger partial charge in [0, 0.05) is 11.0 Å². The Balaban J connectivity index is 2.13. The molecule has 0 bridgehead atoms. The molecule has 1 aromatic carbocycles. The first-order valence-corrected chi connectivity index (χ1v) is 7.21. The summed E-state index contributed by atoms with van der Waals surface area (Å²) in [7, 11) is 0. The molecule has 0 radical (unpaired) electrons. The van der Waals surface area contributed by atoms with E-state index in [-0.39, 0.29) is 23.6 Å². The number of amides is 2. The third-order valence-electron chi connectivity index (χ3n) is 3.77. The summed E-state index contributed by atoms with van der Waals surface area (Å²) in [5.74, 6) is -2.39. The summed E-state index contributed by atoms with van der Waals surface area (Å²) >= 11 is 0. The second-order valence-electron chi connectivity index (χ2n) is 5.36. The standard InChI is InChI=1S/C15H16N4O4/c1-9(17-18-16)5-4-8-12(15(22)23)19-13(20)10-6-2-3-7-11(10)14(19)21/h2-3,6-7,9,12H,4-5,8H2,1H3,(H,22,23)/t9?,12-/m0/s1. The number of carbonyl (C=O) groups excluding carboxylic acids is 2. The summed E-state index contributed by atoms with van der Waals surface area (Å²) < 4.78 is 0. The van der Waals surface area contributed by atoms with Crippen LogP contribution in [0.15, 0.2) is 29.4 Å². The van der Waals surface area contributed by atoms with E-state index in [0.717, 1.165) is 4.90 Å². The molecule has 0 saturated carbocycles. The van der Waals surface area contributed by atoms with Crippen LogP contribution in [-0.2, 0) is 4.79 Å². The Labute approximate surface area is 132 Å². The Morgan fingerprint density at radius 2 is 1.83 bits per heavy atom. The Morgan fingerprint density at radius 3 is 2.30 bits per heavy atom. The summed E-state index contributed by atoms with van der Waals surface area (Å²) in [6.07, 6.45) is 1.02. The van der Waals surface area contributed by atoms with Crippen molar-refractivity contribution < 1.29 is 19.5 Å². The highest BCUT2D eigenvalue weighted by molar-refractivity contribution is 6.22. The van der Waals surface area contributed by atoms with Crippen LogP contribution in [0.2, 0.25) is 0 Å². The molecule has 0 spiro atoms. The Bertz CT molecular complexity index is 661. The fraction of sp³-hybridized carbons (Fsp3) is 0.400. The fourth-order valence-electron chi connectivity index (χ4n) is 2.61. The molecule has 1 unspecified atom stereocenters. The van der Waals surface area contributed by atoms with E-state index in [1.807, 2.05) is 0 Å². The molecule has 1 aliphatic heterocycles. The van der Waals surface area contributed by atoms with Gasteiger partial charge in [0.2, 0.25) is 0 Å². The number of hydrogen-bond donors (Lipinski definition) is 1. The second-order valence-corrected chi connectivity index (χ2v) is 5.36. The van der Waals surface area contributed by atoms with Crippen LogP contribution in [0.4, 0.5) is 0 Å². The zero-order valence-corrected chi connectivity index (χ0v) is 12.5. The maximum absolute atomic E-state index is 12.3. The van der Waals surface area contributed by atoms with Crippen LogP contribution in [0.3, 0.4) is 0 Å². The lowest BCUT2D eigenvalue weighted by atomic mass is 10.1. The molecular weight excluding hydrogens is 300 g/mol. The van der Waals surface area contributed by atoms with E-state index < -0.39 is 23.8 Å². The van der Waals surface area contributed by atoms with Gasteiger partial charge in [-0.25, -0.2) is 4.79 Å². The SMILES string of the molecule is CC(CCC[C@@H](C(=O)O)N1C(=O)c2ccccc2C1=O)N=[N+]=[N-]. The van der Waals surface area contributed by atoms with Crippen molar-refractivity contribution >= 4 is 17.8 Å². The predicted octanol–water partition coefficient (Wildman–Crippen LogP) is 2.60. The molecule has 2 amide bonds. The molecule has 8 nitrogen and oxygen atoms in total. The minimum Gasteiger partial charge on any atom is -0.480 e. The van der Waals surface area contributed by atoms with Gasteiger partial charge in [0.05, 0.1) is 11.1 Å². The average Bonchev–Trinajstić information content (AvgIpc) is 2.76. The predicted molar refractivity (Wildman–Crippen MR) is 80.8 cm³/mol. The molecule has 0 saturated heterocycles. The molecule has 0 aliphatic carbocycles. The number of nitrogens with zero attached hydrogens (tertiary/aromatic N) is 4. The summed E-state index contributed by atoms with van der Waals surface area (Å²) in [5.41, 5.74) is 8.80. The number of carboxylic acid groups (broad SMARTS) is 1. The molecule has 8 heteroatoms. The quantitative estimate of drug-likeness (QED) is 0.359. The van der Waals surface area contributed by atoms with Gasteiger partial charge in [0.25, 0.3) is 11.8 Å². The van der Waals surface area contributed by atoms with Crippen LogP contribution in [0.1, 0.15) is 46.9 Å². The maximum Gasteiger partial charge on any atom is 0.326 e. The van der Waals surface area contributed by atoms with Crippen LogP contribution < -0.4 is 0 Å². The molecule has 1 aromatic rings. The maximum atomic E-state index is 12.3. The minimum atomic E-state index is -1.23. The van der Waals surface area contributed by atoms with Crippen molar-refractivity contribution in [1.29, 1.82) is 0 Å². The highest BCUT2D eigenvalue weighted by atomic mass is 16.4. The largest absolute Gasteiger partial charge is 0.480 e. The summed E-state index contributed by atoms with van der Waals surface area (Å²) in [5, 5.41) is 12.9. The van der Waals surface area contributed by atoms with Gasteiger partial charge < -0.3 is 5.11 Å². The smallest absolute Gasteiger partial charge is 0.326 e. The lowest BCUT2D eigenvalue weighted by Gasteiger charge is -2.22. The highest BCUT2D eigenvalue weighted by Crippen LogP contribution is 2.26. The van der Waals surface area contributed by atoms with E-state index in [2.05, 4.69) is 10.0 Å². The van der Waals surface area contributed by atoms with Crippen molar-refractivity contribution in [3.05, 3.63) is 45.8 Å². The third kappa shape index (κ3) is 3.32. The molecule has 23 heavy (non-hydrogen) atoms. The average molecular weight is 316 g/mol. The number of imide groups is 1. The number of carboxylic acids is 1. The molecular formula is C15H16N4O4. The van der Waals surface area contributed by atoms with E-state index >= 15 is 0 Å². The van der Waals surface area contributed by atoms with E-state index in [9.17, 15) is 19.5 Å². The normalized spacial score (nSPS) is 15.8. The molecule has 2 atom stereocenters. The minimum absolute atomic E-state index is 0.117. The number of azide groups is 1. The number of rotatable bonds is 7. The zero-order chi connectivity index (χ0) is 17.0. The Kier molecular flexibility index (Phi) is 4.98. The van der Waals surface area contributed by atoms with Crippen molar-refractivity contribution in [2.75, 3.05) is 0 Å². The van der Waals surface area contributed by atoms with E-state index in [1.54, 1.807) is 19.1 Å². The van der Waals surface area contributed by atoms with Crippen LogP contribution >= 0.6 is 0 Å². The van der Waals surface area contributed by atoms with Gasteiger partial charge in [-0.3, -0.25) is 14.5 Å². The number of carbonyl (C=O) groups is 3. The molecule has 1 N–H and O–H groups in total. The zero-order valence-electron chi connectivity index (χ0n) is 12.5. The van der Waals surface area contributed by atoms with Crippen LogP contribution in [0.25, 0.3) is 10.4 Å². The first-order chi connectivity index (χ1) is 11.0. The number of hydrogen-bond acceptors (Lipinski definition) is 4. The topological polar surface area (TPSA) is 123 Å². The molecule has 0 aromatic heterocycles. The van der Waals surface area contributed by atoms with Crippen molar-refractivity contribution in [1.82, 2.24) is 4.90 Å². The van der Waals surface area contributed by atoms with Gasteiger partial charge in [-0.05, 0) is 30.5 Å². The van der Waals surface area contributed by atoms with Gasteiger partial charge in [-0.15, -0.1) is 0 Å². The van der Waals surface area contributed by atoms with Crippen molar-refractivity contribution in [3.63, 3.8) is 0 Å². The van der Waals surface area contributed by atoms with E-state index in [0.29, 0.717) is 12.8 Å². The van der Waals surface area contributed by atoms with Crippen LogP contribution in [0, 0.1) is 0 Å². The number of benzene rings is 1. The lowest BCUT2D eigenvalue weighted by Crippen LogP contribution is -2.44. The fourth-order valence-corrected chi connectivity index (χ4v) is 2.61. The molecule has 0 fully saturated rings. The lowest BCUT2D eigenvalue weighted by molar-refractivity contribution is -0.141. The monoisotopic (exact) mass is 316 g/mol. The first-order valence-electron chi connectivity index (χ1n) is 7.21. The van der Waals surface area contributed by atoms with E-state index in [1.165, 1.54) is 12.1 Å². The van der Waals surface area contributed by atoms with Crippen molar-refractivity contribution in [2.45, 2.75) is 38.3 Å². The van der Waals surface area contributed by atoms with Gasteiger partial charge in [-0.1, -0.05) is 30.6 Å². The van der Waals surface area contributed by atoms with Gasteiger partial charge in [-0.2, -0.15) is 0 Å². The van der Waals surface area contributed by atoms with Crippen LogP contribution in [0.5, 0.6) is 0 Å². The molecule has 1 heterocycles. The molecule has 120 valence electrons. The highest BCUT2D eigenvalue weighted by Gasteiger charge is 2.42. The summed E-state index contributed by atoms with van der Waals surface area (Å²) in [6, 6.07) is 4.80. The molecule has 1 aliphatic rings. The van der Waals surface area contributed by atoms with Crippen molar-refractivity contribution in [3.8, 4) is 0 Å². The first kappa shape index (κ1) is 16.5. The van der Waals surface area contributed by atoms with Gasteiger partial charge in [0.1, 0.15) is 6.04 Å². The number of aliphatic carboxylic acids is 1. The molecule has 2 rings (SSSR count). The van der Waals surface area contributed by atoms with Gasteiger partial charge >= 0.3 is 5.97 Å². The third-order valence-corrected chi connectivity index (χ3v) is 3.77. The van der Waals surface area contributed by atoms with Crippen LogP contribution in [-0.4, -0.2) is 39.9 Å². The van der Waals surface area contributed by atoms with Crippen molar-refractivity contribution in [2.24, 2.45) is 5.11 Å². The van der Waals surface area contributed by atoms with Gasteiger partial charge in [0.15, 0.2) is 0 Å². The Morgan fingerprint density at radius 1 is 1.26 bits per heavy atom. The second kappa shape index (κ2) is 6.93. The Hall–Kier alpha value is -2.86. The number of fused-ring (bicyclic) bond motifs is 1. The van der Waals surface area contributed by atoms with E-state index in [4.69, 9.17) is 5.53 Å². The summed E-state index contributed by atoms with van der Waals surface area (Å²) in [6.45, 7) is 1.72.